The molecule has 0 bridgehead atoms. The topological polar surface area (TPSA) is 69.6 Å². The third-order valence-electron chi connectivity index (χ3n) is 3.82. The molecule has 0 aliphatic heterocycles. The minimum atomic E-state index is 0.515. The molecule has 0 atom stereocenters. The van der Waals surface area contributed by atoms with E-state index in [1.165, 1.54) is 6.33 Å². The zero-order valence-electron chi connectivity index (χ0n) is 12.6. The molecule has 0 amide bonds. The lowest BCUT2D eigenvalue weighted by atomic mass is 10.1. The number of aromatic nitrogens is 4. The fourth-order valence-electron chi connectivity index (χ4n) is 2.68. The van der Waals surface area contributed by atoms with Gasteiger partial charge in [-0.05, 0) is 13.0 Å². The Morgan fingerprint density at radius 3 is 2.70 bits per heavy atom. The number of benzene rings is 1. The minimum Gasteiger partial charge on any atom is -0.383 e. The Morgan fingerprint density at radius 1 is 1.13 bits per heavy atom. The van der Waals surface area contributed by atoms with Gasteiger partial charge in [0.1, 0.15) is 17.0 Å². The van der Waals surface area contributed by atoms with Crippen LogP contribution in [-0.2, 0) is 6.54 Å². The van der Waals surface area contributed by atoms with Crippen molar-refractivity contribution in [1.29, 1.82) is 0 Å². The van der Waals surface area contributed by atoms with Gasteiger partial charge < -0.3 is 10.3 Å². The highest BCUT2D eigenvalue weighted by atomic mass is 32.1. The maximum atomic E-state index is 5.98. The van der Waals surface area contributed by atoms with E-state index >= 15 is 0 Å². The van der Waals surface area contributed by atoms with Gasteiger partial charge in [0.05, 0.1) is 28.0 Å². The van der Waals surface area contributed by atoms with Crippen molar-refractivity contribution in [3.05, 3.63) is 49.1 Å². The van der Waals surface area contributed by atoms with Gasteiger partial charge >= 0.3 is 0 Å². The molecule has 0 unspecified atom stereocenters. The molecule has 4 rings (SSSR count). The summed E-state index contributed by atoms with van der Waals surface area (Å²) in [6.45, 7) is 2.96. The number of hydrogen-bond acceptors (Lipinski definition) is 5. The number of rotatable bonds is 3. The van der Waals surface area contributed by atoms with Crippen LogP contribution < -0.4 is 5.73 Å². The second-order valence-electron chi connectivity index (χ2n) is 5.18. The van der Waals surface area contributed by atoms with E-state index in [0.717, 1.165) is 38.6 Å². The molecule has 4 aromatic rings. The molecule has 6 heteroatoms. The summed E-state index contributed by atoms with van der Waals surface area (Å²) >= 11 is 1.62. The quantitative estimate of drug-likeness (QED) is 0.622. The zero-order valence-corrected chi connectivity index (χ0v) is 13.4. The second kappa shape index (κ2) is 5.48. The third kappa shape index (κ3) is 2.27. The summed E-state index contributed by atoms with van der Waals surface area (Å²) in [6.07, 6.45) is 3.39. The van der Waals surface area contributed by atoms with Crippen molar-refractivity contribution in [2.75, 3.05) is 5.73 Å². The molecule has 0 radical (unpaired) electrons. The highest BCUT2D eigenvalue weighted by Gasteiger charge is 2.17. The van der Waals surface area contributed by atoms with Crippen LogP contribution in [0.1, 0.15) is 6.92 Å². The van der Waals surface area contributed by atoms with Crippen molar-refractivity contribution in [2.24, 2.45) is 0 Å². The van der Waals surface area contributed by atoms with Gasteiger partial charge in [-0.25, -0.2) is 15.0 Å². The Hall–Kier alpha value is -2.73. The summed E-state index contributed by atoms with van der Waals surface area (Å²) in [5.74, 6) is 0.515. The van der Waals surface area contributed by atoms with Gasteiger partial charge in [0.2, 0.25) is 0 Å². The van der Waals surface area contributed by atoms with Crippen LogP contribution >= 0.6 is 11.3 Å². The number of hydrogen-bond donors (Lipinski definition) is 1. The van der Waals surface area contributed by atoms with E-state index in [-0.39, 0.29) is 0 Å². The van der Waals surface area contributed by atoms with E-state index in [2.05, 4.69) is 44.6 Å². The second-order valence-corrected chi connectivity index (χ2v) is 6.21. The normalized spacial score (nSPS) is 11.2. The van der Waals surface area contributed by atoms with Gasteiger partial charge in [0.25, 0.3) is 0 Å². The number of anilines is 1. The van der Waals surface area contributed by atoms with Crippen molar-refractivity contribution < 1.29 is 0 Å². The number of imidazole rings is 1. The lowest BCUT2D eigenvalue weighted by molar-refractivity contribution is 0.770. The number of aryl methyl sites for hydroxylation is 1. The molecule has 0 spiro atoms. The van der Waals surface area contributed by atoms with Crippen molar-refractivity contribution in [3.63, 3.8) is 0 Å². The van der Waals surface area contributed by atoms with Gasteiger partial charge in [0.15, 0.2) is 0 Å². The van der Waals surface area contributed by atoms with Gasteiger partial charge in [-0.1, -0.05) is 30.3 Å². The molecule has 0 saturated heterocycles. The minimum absolute atomic E-state index is 0.515. The average Bonchev–Trinajstić information content (AvgIpc) is 3.19. The number of fused-ring (bicyclic) bond motifs is 1. The smallest absolute Gasteiger partial charge is 0.135 e. The van der Waals surface area contributed by atoms with Gasteiger partial charge in [-0.3, -0.25) is 0 Å². The third-order valence-corrected chi connectivity index (χ3v) is 4.87. The summed E-state index contributed by atoms with van der Waals surface area (Å²) in [4.78, 5) is 15.0. The predicted molar refractivity (Wildman–Crippen MR) is 94.2 cm³/mol. The number of nitrogen functional groups attached to an aromatic ring is 1. The van der Waals surface area contributed by atoms with Crippen LogP contribution in [0.2, 0.25) is 0 Å². The molecule has 0 fully saturated rings. The van der Waals surface area contributed by atoms with E-state index in [1.807, 2.05) is 24.5 Å². The molecule has 2 N–H and O–H groups in total. The molecule has 1 aromatic carbocycles. The van der Waals surface area contributed by atoms with E-state index in [9.17, 15) is 0 Å². The molecule has 23 heavy (non-hydrogen) atoms. The Bertz CT molecular complexity index is 971. The number of nitrogens with two attached hydrogens (primary N) is 1. The van der Waals surface area contributed by atoms with Crippen LogP contribution in [0.25, 0.3) is 32.0 Å². The van der Waals surface area contributed by atoms with E-state index in [1.54, 1.807) is 11.3 Å². The van der Waals surface area contributed by atoms with Crippen LogP contribution in [0, 0.1) is 0 Å². The van der Waals surface area contributed by atoms with Gasteiger partial charge in [-0.2, -0.15) is 0 Å². The van der Waals surface area contributed by atoms with E-state index < -0.39 is 0 Å². The van der Waals surface area contributed by atoms with Crippen LogP contribution in [-0.4, -0.2) is 19.5 Å². The Labute approximate surface area is 137 Å². The lowest BCUT2D eigenvalue weighted by Gasteiger charge is -2.06. The van der Waals surface area contributed by atoms with Crippen LogP contribution in [0.4, 0.5) is 5.82 Å². The van der Waals surface area contributed by atoms with Gasteiger partial charge in [0, 0.05) is 12.1 Å². The van der Waals surface area contributed by atoms with E-state index in [0.29, 0.717) is 5.82 Å². The lowest BCUT2D eigenvalue weighted by Crippen LogP contribution is -1.94. The summed E-state index contributed by atoms with van der Waals surface area (Å²) in [6, 6.07) is 12.3. The maximum Gasteiger partial charge on any atom is 0.135 e. The van der Waals surface area contributed by atoms with Crippen molar-refractivity contribution >= 4 is 27.4 Å². The Morgan fingerprint density at radius 2 is 1.96 bits per heavy atom. The van der Waals surface area contributed by atoms with Crippen molar-refractivity contribution in [2.45, 2.75) is 13.5 Å². The number of thiophene rings is 1. The Kier molecular flexibility index (Phi) is 3.31. The highest BCUT2D eigenvalue weighted by Crippen LogP contribution is 2.38. The fourth-order valence-corrected chi connectivity index (χ4v) is 3.75. The highest BCUT2D eigenvalue weighted by molar-refractivity contribution is 7.21. The molecule has 114 valence electrons. The van der Waals surface area contributed by atoms with E-state index in [4.69, 9.17) is 5.73 Å². The SMILES string of the molecule is CCn1cnc(-c2ccccc2)c1-c1cc2c(N)ncnc2s1. The maximum absolute atomic E-state index is 5.98. The standard InChI is InChI=1S/C17H15N5S/c1-2-22-10-21-14(11-6-4-3-5-7-11)15(22)13-8-12-16(18)19-9-20-17(12)23-13/h3-10H,2H2,1H3,(H2,18,19,20). The molecule has 5 nitrogen and oxygen atoms in total. The molecule has 0 saturated carbocycles. The van der Waals surface area contributed by atoms with Crippen LogP contribution in [0.15, 0.2) is 49.1 Å². The van der Waals surface area contributed by atoms with Crippen molar-refractivity contribution in [3.8, 4) is 21.8 Å². The van der Waals surface area contributed by atoms with Crippen LogP contribution in [0.3, 0.4) is 0 Å². The monoisotopic (exact) mass is 321 g/mol. The average molecular weight is 321 g/mol. The summed E-state index contributed by atoms with van der Waals surface area (Å²) < 4.78 is 2.15. The predicted octanol–water partition coefficient (Wildman–Crippen LogP) is 3.82. The number of nitrogens with zero attached hydrogens (tertiary/aromatic N) is 4. The van der Waals surface area contributed by atoms with Crippen LogP contribution in [0.5, 0.6) is 0 Å². The first kappa shape index (κ1) is 13.9. The first-order chi connectivity index (χ1) is 11.3. The molecule has 3 aromatic heterocycles. The first-order valence-electron chi connectivity index (χ1n) is 7.39. The summed E-state index contributed by atoms with van der Waals surface area (Å²) in [7, 11) is 0. The fraction of sp³-hybridized carbons (Fsp3) is 0.118. The molecular weight excluding hydrogens is 306 g/mol. The molecule has 0 aliphatic carbocycles. The largest absolute Gasteiger partial charge is 0.383 e. The van der Waals surface area contributed by atoms with Crippen molar-refractivity contribution in [1.82, 2.24) is 19.5 Å². The van der Waals surface area contributed by atoms with Gasteiger partial charge in [-0.15, -0.1) is 11.3 Å². The summed E-state index contributed by atoms with van der Waals surface area (Å²) in [5, 5.41) is 0.898. The zero-order chi connectivity index (χ0) is 15.8. The molecule has 0 aliphatic rings. The Balaban J connectivity index is 1.96. The summed E-state index contributed by atoms with van der Waals surface area (Å²) in [5.41, 5.74) is 9.15. The molecular formula is C17H15N5S. The first-order valence-corrected chi connectivity index (χ1v) is 8.20. The molecule has 3 heterocycles.